The third kappa shape index (κ3) is 11.9. The molecule has 1 aliphatic rings. The van der Waals surface area contributed by atoms with E-state index >= 15 is 0 Å². The normalized spacial score (nSPS) is 12.6. The van der Waals surface area contributed by atoms with Crippen molar-refractivity contribution < 1.29 is 9.47 Å². The number of hydrogen-bond acceptors (Lipinski definition) is 4. The lowest BCUT2D eigenvalue weighted by molar-refractivity contribution is 0.295. The summed E-state index contributed by atoms with van der Waals surface area (Å²) in [6.45, 7) is 10.3. The van der Waals surface area contributed by atoms with Crippen LogP contribution < -0.4 is 9.47 Å². The predicted molar refractivity (Wildman–Crippen MR) is 243 cm³/mol. The van der Waals surface area contributed by atoms with Crippen LogP contribution in [0.5, 0.6) is 11.5 Å². The van der Waals surface area contributed by atoms with E-state index in [4.69, 9.17) is 9.47 Å². The van der Waals surface area contributed by atoms with Crippen LogP contribution in [0.2, 0.25) is 0 Å². The molecule has 0 fully saturated rings. The summed E-state index contributed by atoms with van der Waals surface area (Å²) in [5, 5.41) is 0. The second-order valence-electron chi connectivity index (χ2n) is 15.1. The minimum absolute atomic E-state index is 0.692. The van der Waals surface area contributed by atoms with Gasteiger partial charge < -0.3 is 9.47 Å². The molecule has 1 heterocycles. The number of fused-ring (bicyclic) bond motifs is 2. The molecule has 1 aliphatic heterocycles. The quantitative estimate of drug-likeness (QED) is 0.0535. The number of rotatable bonds is 21. The Morgan fingerprint density at radius 3 is 1.57 bits per heavy atom. The lowest BCUT2D eigenvalue weighted by Gasteiger charge is -2.21. The van der Waals surface area contributed by atoms with E-state index in [9.17, 15) is 0 Å². The molecule has 5 aromatic rings. The molecule has 0 unspecified atom stereocenters. The first-order chi connectivity index (χ1) is 27.5. The maximum atomic E-state index is 6.78. The van der Waals surface area contributed by atoms with Crippen LogP contribution in [-0.4, -0.2) is 13.2 Å². The molecule has 0 aromatic heterocycles. The molecule has 0 N–H and O–H groups in total. The van der Waals surface area contributed by atoms with Gasteiger partial charge in [0.2, 0.25) is 0 Å². The molecule has 56 heavy (non-hydrogen) atoms. The van der Waals surface area contributed by atoms with Crippen LogP contribution in [0.15, 0.2) is 129 Å². The second-order valence-corrected chi connectivity index (χ2v) is 17.3. The molecule has 0 bridgehead atoms. The van der Waals surface area contributed by atoms with Crippen LogP contribution in [0.1, 0.15) is 131 Å². The lowest BCUT2D eigenvalue weighted by Crippen LogP contribution is -2.03. The van der Waals surface area contributed by atoms with Gasteiger partial charge in [-0.1, -0.05) is 174 Å². The van der Waals surface area contributed by atoms with Gasteiger partial charge in [0.15, 0.2) is 0 Å². The highest BCUT2D eigenvalue weighted by molar-refractivity contribution is 8.05. The van der Waals surface area contributed by atoms with Crippen molar-refractivity contribution in [2.24, 2.45) is 0 Å². The second kappa shape index (κ2) is 22.0. The van der Waals surface area contributed by atoms with Gasteiger partial charge in [-0.15, -0.1) is 0 Å². The topological polar surface area (TPSA) is 18.5 Å². The average molecular weight is 781 g/mol. The standard InChI is InChI=1S/C52H60O2S2/c1-5-7-9-11-13-21-31-53-47-37-45(48(54-32-22-14-12-10-8-6-2)36-44(47)34-40(4)41-23-17-15-18-24-41)35-46(42-25-19-16-20-26-42)43-28-30-50-52(38-43)56-49-29-27-39(3)33-51(49)55-50/h15-20,23-30,33-38H,5-14,21-22,31-32H2,1-4H3. The van der Waals surface area contributed by atoms with Crippen LogP contribution in [-0.2, 0) is 0 Å². The summed E-state index contributed by atoms with van der Waals surface area (Å²) in [6.07, 6.45) is 19.3. The molecule has 0 saturated carbocycles. The average Bonchev–Trinajstić information content (AvgIpc) is 3.22. The van der Waals surface area contributed by atoms with Crippen LogP contribution in [0.25, 0.3) is 23.3 Å². The van der Waals surface area contributed by atoms with Crippen molar-refractivity contribution in [2.45, 2.75) is 124 Å². The van der Waals surface area contributed by atoms with Gasteiger partial charge in [-0.2, -0.15) is 0 Å². The maximum absolute atomic E-state index is 6.78. The van der Waals surface area contributed by atoms with Gasteiger partial charge >= 0.3 is 0 Å². The molecule has 0 aliphatic carbocycles. The Balaban J connectivity index is 1.40. The highest BCUT2D eigenvalue weighted by Gasteiger charge is 2.20. The monoisotopic (exact) mass is 780 g/mol. The highest BCUT2D eigenvalue weighted by Crippen LogP contribution is 2.49. The molecule has 0 spiro atoms. The molecule has 4 heteroatoms. The van der Waals surface area contributed by atoms with Gasteiger partial charge in [0.25, 0.3) is 0 Å². The minimum atomic E-state index is 0.692. The number of allylic oxidation sites excluding steroid dienone is 1. The Morgan fingerprint density at radius 2 is 0.982 bits per heavy atom. The Labute approximate surface area is 346 Å². The van der Waals surface area contributed by atoms with E-state index in [0.717, 1.165) is 35.5 Å². The summed E-state index contributed by atoms with van der Waals surface area (Å²) >= 11 is 3.75. The molecule has 2 nitrogen and oxygen atoms in total. The SMILES string of the molecule is CCCCCCCCOc1cc(C=C(c2ccccc2)c2ccc3c(c2)Sc2ccc(C)cc2S3)c(OCCCCCCCC)cc1C=C(C)c1ccccc1. The van der Waals surface area contributed by atoms with E-state index < -0.39 is 0 Å². The van der Waals surface area contributed by atoms with E-state index in [1.807, 2.05) is 23.5 Å². The number of aryl methyl sites for hydroxylation is 1. The first kappa shape index (κ1) is 41.5. The van der Waals surface area contributed by atoms with Crippen molar-refractivity contribution in [3.63, 3.8) is 0 Å². The summed E-state index contributed by atoms with van der Waals surface area (Å²) in [7, 11) is 0. The zero-order chi connectivity index (χ0) is 39.0. The van der Waals surface area contributed by atoms with Crippen molar-refractivity contribution in [3.8, 4) is 11.5 Å². The van der Waals surface area contributed by atoms with Gasteiger partial charge in [0.05, 0.1) is 13.2 Å². The summed E-state index contributed by atoms with van der Waals surface area (Å²) < 4.78 is 13.5. The van der Waals surface area contributed by atoms with Crippen LogP contribution in [0, 0.1) is 6.92 Å². The number of benzene rings is 5. The summed E-state index contributed by atoms with van der Waals surface area (Å²) in [4.78, 5) is 5.27. The smallest absolute Gasteiger partial charge is 0.127 e. The highest BCUT2D eigenvalue weighted by atomic mass is 32.2. The first-order valence-electron chi connectivity index (χ1n) is 21.1. The van der Waals surface area contributed by atoms with Crippen molar-refractivity contribution >= 4 is 46.8 Å². The fourth-order valence-corrected chi connectivity index (χ4v) is 9.51. The molecule has 0 radical (unpaired) electrons. The molecule has 0 atom stereocenters. The third-order valence-electron chi connectivity index (χ3n) is 10.4. The number of unbranched alkanes of at least 4 members (excludes halogenated alkanes) is 10. The Bertz CT molecular complexity index is 2050. The summed E-state index contributed by atoms with van der Waals surface area (Å²) in [6, 6.07) is 39.7. The molecular weight excluding hydrogens is 721 g/mol. The minimum Gasteiger partial charge on any atom is -0.493 e. The van der Waals surface area contributed by atoms with E-state index in [1.54, 1.807) is 0 Å². The third-order valence-corrected chi connectivity index (χ3v) is 13.0. The predicted octanol–water partition coefficient (Wildman–Crippen LogP) is 16.2. The van der Waals surface area contributed by atoms with Crippen LogP contribution in [0.4, 0.5) is 0 Å². The van der Waals surface area contributed by atoms with Gasteiger partial charge in [0, 0.05) is 30.7 Å². The molecule has 0 amide bonds. The Hall–Kier alpha value is -4.12. The van der Waals surface area contributed by atoms with Crippen LogP contribution >= 0.6 is 23.5 Å². The van der Waals surface area contributed by atoms with Gasteiger partial charge in [-0.05, 0) is 109 Å². The Morgan fingerprint density at radius 1 is 0.482 bits per heavy atom. The number of hydrogen-bond donors (Lipinski definition) is 0. The largest absolute Gasteiger partial charge is 0.493 e. The van der Waals surface area contributed by atoms with Crippen molar-refractivity contribution in [1.82, 2.24) is 0 Å². The van der Waals surface area contributed by atoms with E-state index in [2.05, 4.69) is 149 Å². The summed E-state index contributed by atoms with van der Waals surface area (Å²) in [5.41, 5.74) is 9.35. The van der Waals surface area contributed by atoms with Crippen molar-refractivity contribution in [2.75, 3.05) is 13.2 Å². The van der Waals surface area contributed by atoms with Crippen LogP contribution in [0.3, 0.4) is 0 Å². The van der Waals surface area contributed by atoms with Gasteiger partial charge in [-0.25, -0.2) is 0 Å². The van der Waals surface area contributed by atoms with E-state index in [-0.39, 0.29) is 0 Å². The fraction of sp³-hybridized carbons (Fsp3) is 0.346. The number of ether oxygens (including phenoxy) is 2. The van der Waals surface area contributed by atoms with Gasteiger partial charge in [-0.3, -0.25) is 0 Å². The van der Waals surface area contributed by atoms with E-state index in [1.165, 1.54) is 117 Å². The molecule has 5 aromatic carbocycles. The lowest BCUT2D eigenvalue weighted by atomic mass is 9.94. The summed E-state index contributed by atoms with van der Waals surface area (Å²) in [5.74, 6) is 1.81. The maximum Gasteiger partial charge on any atom is 0.127 e. The zero-order valence-corrected chi connectivity index (χ0v) is 35.7. The van der Waals surface area contributed by atoms with Crippen molar-refractivity contribution in [1.29, 1.82) is 0 Å². The molecule has 292 valence electrons. The Kier molecular flexibility index (Phi) is 16.3. The zero-order valence-electron chi connectivity index (χ0n) is 34.1. The molecular formula is C52H60O2S2. The van der Waals surface area contributed by atoms with Gasteiger partial charge in [0.1, 0.15) is 11.5 Å². The molecule has 6 rings (SSSR count). The van der Waals surface area contributed by atoms with E-state index in [0.29, 0.717) is 13.2 Å². The first-order valence-corrected chi connectivity index (χ1v) is 22.7. The fourth-order valence-electron chi connectivity index (χ4n) is 7.18. The molecule has 0 saturated heterocycles. The van der Waals surface area contributed by atoms with Crippen molar-refractivity contribution in [3.05, 3.63) is 143 Å².